The third kappa shape index (κ3) is 11.2. The molecule has 3 aromatic rings. The van der Waals surface area contributed by atoms with Crippen LogP contribution in [0.5, 0.6) is 0 Å². The molecule has 0 radical (unpaired) electrons. The third-order valence-corrected chi connectivity index (χ3v) is 8.68. The highest BCUT2D eigenvalue weighted by atomic mass is 35.5. The number of carbonyl (C=O) groups is 3. The SMILES string of the molecule is CN(CCS(=O)(=O)[O-])C(=O)CCCCCCC(=O)OCC#Cc1ccc2c(c1)c(=O)c(C(=O)NCc1ccc(Cl)cc1)cn2C1CC1. The molecule has 1 N–H and O–H groups in total. The van der Waals surface area contributed by atoms with Gasteiger partial charge in [-0.15, -0.1) is 0 Å². The highest BCUT2D eigenvalue weighted by Gasteiger charge is 2.26. The molecule has 1 heterocycles. The number of unbranched alkanes of at least 4 members (excludes halogenated alkanes) is 3. The lowest BCUT2D eigenvalue weighted by atomic mass is 10.1. The maximum absolute atomic E-state index is 13.4. The Morgan fingerprint density at radius 1 is 1.06 bits per heavy atom. The molecule has 0 saturated heterocycles. The van der Waals surface area contributed by atoms with Crippen molar-refractivity contribution in [3.63, 3.8) is 0 Å². The Kier molecular flexibility index (Phi) is 12.6. The molecular weight excluding hydrogens is 646 g/mol. The number of aromatic nitrogens is 1. The van der Waals surface area contributed by atoms with Gasteiger partial charge in [0.05, 0.1) is 21.4 Å². The van der Waals surface area contributed by atoms with Crippen LogP contribution in [0.15, 0.2) is 53.5 Å². The van der Waals surface area contributed by atoms with Crippen LogP contribution in [0, 0.1) is 11.8 Å². The quantitative estimate of drug-likeness (QED) is 0.108. The van der Waals surface area contributed by atoms with Gasteiger partial charge in [0.1, 0.15) is 5.56 Å². The van der Waals surface area contributed by atoms with Crippen molar-refractivity contribution in [2.24, 2.45) is 0 Å². The standard InChI is InChI=1S/C34H38ClN3O8S/c1-37(18-20-47(43,44)45)31(39)8-4-2-3-5-9-32(40)46-19-6-7-24-12-17-30-28(21-24)33(41)29(23-38(30)27-15-16-27)34(42)36-22-25-10-13-26(35)14-11-25/h10-14,17,21,23,27H,2-5,8-9,15-16,18-20,22H2,1H3,(H,36,42)(H,43,44,45)/p-1. The second kappa shape index (κ2) is 16.6. The smallest absolute Gasteiger partial charge is 0.306 e. The Morgan fingerprint density at radius 3 is 2.45 bits per heavy atom. The molecule has 2 aromatic carbocycles. The average molecular weight is 683 g/mol. The predicted octanol–water partition coefficient (Wildman–Crippen LogP) is 4.16. The van der Waals surface area contributed by atoms with Crippen LogP contribution in [0.25, 0.3) is 10.9 Å². The predicted molar refractivity (Wildman–Crippen MR) is 177 cm³/mol. The van der Waals surface area contributed by atoms with E-state index in [1.165, 1.54) is 11.9 Å². The van der Waals surface area contributed by atoms with Crippen molar-refractivity contribution in [3.8, 4) is 11.8 Å². The van der Waals surface area contributed by atoms with E-state index in [9.17, 15) is 32.1 Å². The number of amides is 2. The van der Waals surface area contributed by atoms with Gasteiger partial charge in [0.2, 0.25) is 11.3 Å². The van der Waals surface area contributed by atoms with Gasteiger partial charge in [-0.1, -0.05) is 48.4 Å². The summed E-state index contributed by atoms with van der Waals surface area (Å²) in [7, 11) is -2.91. The van der Waals surface area contributed by atoms with E-state index in [2.05, 4.69) is 17.2 Å². The van der Waals surface area contributed by atoms with Crippen LogP contribution >= 0.6 is 11.6 Å². The molecule has 13 heteroatoms. The molecule has 47 heavy (non-hydrogen) atoms. The Labute approximate surface area is 279 Å². The summed E-state index contributed by atoms with van der Waals surface area (Å²) in [5.74, 6) is 4.04. The van der Waals surface area contributed by atoms with Crippen LogP contribution in [0.1, 0.15) is 78.9 Å². The molecule has 2 amide bonds. The molecule has 0 spiro atoms. The van der Waals surface area contributed by atoms with Crippen molar-refractivity contribution in [2.75, 3.05) is 26.0 Å². The molecule has 11 nitrogen and oxygen atoms in total. The first-order chi connectivity index (χ1) is 22.4. The Balaban J connectivity index is 1.25. The van der Waals surface area contributed by atoms with Gasteiger partial charge < -0.3 is 24.1 Å². The zero-order valence-corrected chi connectivity index (χ0v) is 27.7. The van der Waals surface area contributed by atoms with E-state index in [4.69, 9.17) is 16.3 Å². The van der Waals surface area contributed by atoms with Crippen LogP contribution in [-0.4, -0.2) is 66.2 Å². The van der Waals surface area contributed by atoms with Crippen molar-refractivity contribution in [1.82, 2.24) is 14.8 Å². The van der Waals surface area contributed by atoms with Gasteiger partial charge in [-0.25, -0.2) is 8.42 Å². The topological polar surface area (TPSA) is 155 Å². The summed E-state index contributed by atoms with van der Waals surface area (Å²) in [6, 6.07) is 12.6. The molecular formula is C34H37ClN3O8S-. The Hall–Kier alpha value is -4.18. The number of carbonyl (C=O) groups excluding carboxylic acids is 3. The number of halogens is 1. The van der Waals surface area contributed by atoms with E-state index in [1.807, 2.05) is 22.8 Å². The molecule has 4 rings (SSSR count). The lowest BCUT2D eigenvalue weighted by molar-refractivity contribution is -0.142. The normalized spacial score (nSPS) is 12.7. The monoisotopic (exact) mass is 682 g/mol. The van der Waals surface area contributed by atoms with Crippen LogP contribution in [0.4, 0.5) is 0 Å². The minimum Gasteiger partial charge on any atom is -0.748 e. The van der Waals surface area contributed by atoms with Gasteiger partial charge in [-0.05, 0) is 61.6 Å². The first kappa shape index (κ1) is 35.7. The Morgan fingerprint density at radius 2 is 1.77 bits per heavy atom. The van der Waals surface area contributed by atoms with Crippen molar-refractivity contribution < 1.29 is 32.1 Å². The number of pyridine rings is 1. The number of hydrogen-bond donors (Lipinski definition) is 1. The first-order valence-electron chi connectivity index (χ1n) is 15.4. The van der Waals surface area contributed by atoms with E-state index in [1.54, 1.807) is 30.5 Å². The molecule has 1 aliphatic carbocycles. The minimum atomic E-state index is -4.36. The number of benzene rings is 2. The summed E-state index contributed by atoms with van der Waals surface area (Å²) >= 11 is 5.94. The summed E-state index contributed by atoms with van der Waals surface area (Å²) in [4.78, 5) is 51.8. The second-order valence-corrected chi connectivity index (χ2v) is 13.5. The van der Waals surface area contributed by atoms with Gasteiger partial charge in [0.15, 0.2) is 6.61 Å². The number of hydrogen-bond acceptors (Lipinski definition) is 8. The largest absolute Gasteiger partial charge is 0.748 e. The highest BCUT2D eigenvalue weighted by Crippen LogP contribution is 2.37. The van der Waals surface area contributed by atoms with Crippen molar-refractivity contribution >= 4 is 50.4 Å². The maximum atomic E-state index is 13.4. The van der Waals surface area contributed by atoms with Crippen LogP contribution in [0.3, 0.4) is 0 Å². The molecule has 0 atom stereocenters. The second-order valence-electron chi connectivity index (χ2n) is 11.5. The van der Waals surface area contributed by atoms with Gasteiger partial charge in [0, 0.05) is 61.2 Å². The van der Waals surface area contributed by atoms with Crippen molar-refractivity contribution in [1.29, 1.82) is 0 Å². The third-order valence-electron chi connectivity index (χ3n) is 7.75. The molecule has 250 valence electrons. The van der Waals surface area contributed by atoms with Crippen LogP contribution < -0.4 is 10.7 Å². The lowest BCUT2D eigenvalue weighted by Crippen LogP contribution is -2.31. The first-order valence-corrected chi connectivity index (χ1v) is 17.4. The average Bonchev–Trinajstić information content (AvgIpc) is 3.88. The van der Waals surface area contributed by atoms with Crippen LogP contribution in [0.2, 0.25) is 5.02 Å². The van der Waals surface area contributed by atoms with Crippen LogP contribution in [-0.2, 0) is 31.0 Å². The summed E-state index contributed by atoms with van der Waals surface area (Å²) in [5, 5.41) is 3.81. The van der Waals surface area contributed by atoms with Crippen molar-refractivity contribution in [2.45, 2.75) is 64.0 Å². The summed E-state index contributed by atoms with van der Waals surface area (Å²) < 4.78 is 39.3. The molecule has 1 aliphatic rings. The van der Waals surface area contributed by atoms with E-state index < -0.39 is 27.7 Å². The van der Waals surface area contributed by atoms with Gasteiger partial charge in [-0.3, -0.25) is 19.2 Å². The molecule has 1 fully saturated rings. The molecule has 1 saturated carbocycles. The number of fused-ring (bicyclic) bond motifs is 1. The van der Waals surface area contributed by atoms with Gasteiger partial charge >= 0.3 is 5.97 Å². The fourth-order valence-corrected chi connectivity index (χ4v) is 5.54. The highest BCUT2D eigenvalue weighted by molar-refractivity contribution is 7.85. The molecule has 1 aromatic heterocycles. The number of ether oxygens (including phenoxy) is 1. The number of nitrogens with one attached hydrogen (secondary N) is 1. The van der Waals surface area contributed by atoms with E-state index in [0.29, 0.717) is 41.7 Å². The molecule has 0 bridgehead atoms. The van der Waals surface area contributed by atoms with Crippen molar-refractivity contribution in [3.05, 3.63) is 80.6 Å². The summed E-state index contributed by atoms with van der Waals surface area (Å²) in [6.45, 7) is 0.00505. The fourth-order valence-electron chi connectivity index (χ4n) is 4.92. The van der Waals surface area contributed by atoms with E-state index in [0.717, 1.165) is 23.9 Å². The summed E-state index contributed by atoms with van der Waals surface area (Å²) in [5.41, 5.74) is 1.82. The van der Waals surface area contributed by atoms with E-state index >= 15 is 0 Å². The molecule has 0 aliphatic heterocycles. The minimum absolute atomic E-state index is 0.0600. The number of rotatable bonds is 15. The fraction of sp³-hybridized carbons (Fsp3) is 0.412. The Bertz CT molecular complexity index is 1840. The van der Waals surface area contributed by atoms with Gasteiger partial charge in [0.25, 0.3) is 5.91 Å². The zero-order valence-electron chi connectivity index (χ0n) is 26.1. The summed E-state index contributed by atoms with van der Waals surface area (Å²) in [6.07, 6.45) is 6.60. The van der Waals surface area contributed by atoms with Gasteiger partial charge in [-0.2, -0.15) is 0 Å². The maximum Gasteiger partial charge on any atom is 0.306 e. The van der Waals surface area contributed by atoms with E-state index in [-0.39, 0.29) is 55.5 Å². The number of nitrogens with zero attached hydrogens (tertiary/aromatic N) is 2. The lowest BCUT2D eigenvalue weighted by Gasteiger charge is -2.18. The zero-order chi connectivity index (χ0) is 34.0. The molecule has 0 unspecified atom stereocenters. The number of esters is 1.